The van der Waals surface area contributed by atoms with Gasteiger partial charge >= 0.3 is 0 Å². The van der Waals surface area contributed by atoms with Crippen molar-refractivity contribution in [1.29, 1.82) is 0 Å². The van der Waals surface area contributed by atoms with E-state index in [1.54, 1.807) is 0 Å². The molecule has 0 aliphatic rings. The fourth-order valence-corrected chi connectivity index (χ4v) is 4.48. The van der Waals surface area contributed by atoms with E-state index in [1.807, 2.05) is 11.3 Å². The molecule has 0 aliphatic heterocycles. The summed E-state index contributed by atoms with van der Waals surface area (Å²) < 4.78 is 2.81. The van der Waals surface area contributed by atoms with Crippen molar-refractivity contribution in [3.8, 4) is 0 Å². The smallest absolute Gasteiger partial charge is 0.0390 e. The standard InChI is InChI=1S/C22H20S/c1-3-4-5-8-16-11-12-19-20-13-17-9-6-7-10-18(17)14-21(20)23-22(19)15(16)2/h5-14H,3-4H2,1-2H3. The third kappa shape index (κ3) is 2.46. The molecule has 23 heavy (non-hydrogen) atoms. The van der Waals surface area contributed by atoms with E-state index < -0.39 is 0 Å². The van der Waals surface area contributed by atoms with E-state index in [9.17, 15) is 0 Å². The van der Waals surface area contributed by atoms with Crippen molar-refractivity contribution >= 4 is 48.4 Å². The summed E-state index contributed by atoms with van der Waals surface area (Å²) in [5, 5.41) is 5.42. The zero-order valence-electron chi connectivity index (χ0n) is 13.6. The molecule has 0 atom stereocenters. The fourth-order valence-electron chi connectivity index (χ4n) is 3.23. The van der Waals surface area contributed by atoms with Gasteiger partial charge in [0.05, 0.1) is 0 Å². The van der Waals surface area contributed by atoms with Crippen molar-refractivity contribution < 1.29 is 0 Å². The number of hydrogen-bond acceptors (Lipinski definition) is 1. The first-order valence-electron chi connectivity index (χ1n) is 8.29. The van der Waals surface area contributed by atoms with Gasteiger partial charge in [-0.25, -0.2) is 0 Å². The summed E-state index contributed by atoms with van der Waals surface area (Å²) in [5.41, 5.74) is 2.75. The Bertz CT molecular complexity index is 1030. The van der Waals surface area contributed by atoms with Gasteiger partial charge in [-0.05, 0) is 47.4 Å². The largest absolute Gasteiger partial charge is 0.135 e. The molecule has 0 N–H and O–H groups in total. The van der Waals surface area contributed by atoms with Crippen LogP contribution < -0.4 is 0 Å². The molecule has 0 fully saturated rings. The number of rotatable bonds is 3. The molecule has 114 valence electrons. The van der Waals surface area contributed by atoms with Crippen molar-refractivity contribution in [2.24, 2.45) is 0 Å². The Morgan fingerprint density at radius 2 is 1.74 bits per heavy atom. The summed E-state index contributed by atoms with van der Waals surface area (Å²) in [6, 6.07) is 17.9. The number of allylic oxidation sites excluding steroid dienone is 1. The lowest BCUT2D eigenvalue weighted by Crippen LogP contribution is -1.80. The van der Waals surface area contributed by atoms with E-state index in [1.165, 1.54) is 48.5 Å². The average Bonchev–Trinajstić information content (AvgIpc) is 2.93. The van der Waals surface area contributed by atoms with Crippen molar-refractivity contribution in [1.82, 2.24) is 0 Å². The maximum atomic E-state index is 2.34. The van der Waals surface area contributed by atoms with Gasteiger partial charge in [-0.15, -0.1) is 11.3 Å². The van der Waals surface area contributed by atoms with Crippen LogP contribution in [-0.2, 0) is 0 Å². The summed E-state index contributed by atoms with van der Waals surface area (Å²) in [6.45, 7) is 4.47. The van der Waals surface area contributed by atoms with Crippen molar-refractivity contribution in [3.05, 3.63) is 65.7 Å². The molecule has 0 aliphatic carbocycles. The third-order valence-corrected chi connectivity index (χ3v) is 5.84. The molecule has 4 rings (SSSR count). The average molecular weight is 316 g/mol. The van der Waals surface area contributed by atoms with Gasteiger partial charge in [0.2, 0.25) is 0 Å². The molecule has 0 bridgehead atoms. The Labute approximate surface area is 141 Å². The lowest BCUT2D eigenvalue weighted by atomic mass is 10.0. The highest BCUT2D eigenvalue weighted by molar-refractivity contribution is 7.26. The van der Waals surface area contributed by atoms with Crippen molar-refractivity contribution in [2.75, 3.05) is 0 Å². The number of fused-ring (bicyclic) bond motifs is 4. The summed E-state index contributed by atoms with van der Waals surface area (Å²) in [7, 11) is 0. The molecule has 0 nitrogen and oxygen atoms in total. The molecule has 4 aromatic rings. The summed E-state index contributed by atoms with van der Waals surface area (Å²) >= 11 is 1.92. The minimum absolute atomic E-state index is 1.15. The predicted octanol–water partition coefficient (Wildman–Crippen LogP) is 7.33. The maximum Gasteiger partial charge on any atom is 0.0390 e. The van der Waals surface area contributed by atoms with Crippen LogP contribution in [-0.4, -0.2) is 0 Å². The molecular formula is C22H20S. The Kier molecular flexibility index (Phi) is 3.66. The normalized spacial score (nSPS) is 12.1. The van der Waals surface area contributed by atoms with Gasteiger partial charge in [0.25, 0.3) is 0 Å². The number of unbranched alkanes of at least 4 members (excludes halogenated alkanes) is 1. The number of aryl methyl sites for hydroxylation is 1. The van der Waals surface area contributed by atoms with E-state index in [4.69, 9.17) is 0 Å². The fraction of sp³-hybridized carbons (Fsp3) is 0.182. The molecule has 0 saturated heterocycles. The molecule has 1 aromatic heterocycles. The van der Waals surface area contributed by atoms with Crippen LogP contribution in [0.2, 0.25) is 0 Å². The summed E-state index contributed by atoms with van der Waals surface area (Å²) in [5.74, 6) is 0. The molecule has 1 heteroatoms. The molecule has 0 amide bonds. The first-order valence-corrected chi connectivity index (χ1v) is 9.10. The van der Waals surface area contributed by atoms with E-state index in [0.29, 0.717) is 0 Å². The maximum absolute atomic E-state index is 2.34. The molecule has 1 heterocycles. The van der Waals surface area contributed by atoms with Crippen LogP contribution in [0.1, 0.15) is 30.9 Å². The van der Waals surface area contributed by atoms with Crippen LogP contribution >= 0.6 is 11.3 Å². The molecule has 3 aromatic carbocycles. The molecule has 0 spiro atoms. The van der Waals surface area contributed by atoms with E-state index >= 15 is 0 Å². The highest BCUT2D eigenvalue weighted by Crippen LogP contribution is 2.39. The molecule has 0 radical (unpaired) electrons. The Hall–Kier alpha value is -2.12. The highest BCUT2D eigenvalue weighted by Gasteiger charge is 2.10. The first-order chi connectivity index (χ1) is 11.3. The first kappa shape index (κ1) is 14.5. The van der Waals surface area contributed by atoms with Crippen LogP contribution in [0.15, 0.2) is 54.6 Å². The zero-order valence-corrected chi connectivity index (χ0v) is 14.4. The highest BCUT2D eigenvalue weighted by atomic mass is 32.1. The molecule has 0 unspecified atom stereocenters. The van der Waals surface area contributed by atoms with Crippen LogP contribution in [0, 0.1) is 6.92 Å². The van der Waals surface area contributed by atoms with Crippen molar-refractivity contribution in [2.45, 2.75) is 26.7 Å². The number of benzene rings is 3. The van der Waals surface area contributed by atoms with Gasteiger partial charge in [0.1, 0.15) is 0 Å². The second kappa shape index (κ2) is 5.82. The molecular weight excluding hydrogens is 296 g/mol. The van der Waals surface area contributed by atoms with Gasteiger partial charge in [0, 0.05) is 20.2 Å². The van der Waals surface area contributed by atoms with Gasteiger partial charge < -0.3 is 0 Å². The van der Waals surface area contributed by atoms with Gasteiger partial charge in [0.15, 0.2) is 0 Å². The van der Waals surface area contributed by atoms with Gasteiger partial charge in [-0.3, -0.25) is 0 Å². The monoisotopic (exact) mass is 316 g/mol. The van der Waals surface area contributed by atoms with Crippen LogP contribution in [0.3, 0.4) is 0 Å². The summed E-state index contributed by atoms with van der Waals surface area (Å²) in [6.07, 6.45) is 6.91. The van der Waals surface area contributed by atoms with E-state index in [0.717, 1.165) is 6.42 Å². The third-order valence-electron chi connectivity index (χ3n) is 4.55. The lowest BCUT2D eigenvalue weighted by Gasteiger charge is -2.02. The van der Waals surface area contributed by atoms with Gasteiger partial charge in [-0.1, -0.05) is 61.9 Å². The quantitative estimate of drug-likeness (QED) is 0.371. The zero-order chi connectivity index (χ0) is 15.8. The number of thiophene rings is 1. The second-order valence-electron chi connectivity index (χ2n) is 6.15. The van der Waals surface area contributed by atoms with Crippen LogP contribution in [0.4, 0.5) is 0 Å². The van der Waals surface area contributed by atoms with E-state index in [-0.39, 0.29) is 0 Å². The minimum atomic E-state index is 1.15. The van der Waals surface area contributed by atoms with Crippen molar-refractivity contribution in [3.63, 3.8) is 0 Å². The SMILES string of the molecule is CCCC=Cc1ccc2c(sc3cc4ccccc4cc32)c1C. The minimum Gasteiger partial charge on any atom is -0.135 e. The van der Waals surface area contributed by atoms with Crippen LogP contribution in [0.25, 0.3) is 37.0 Å². The summed E-state index contributed by atoms with van der Waals surface area (Å²) in [4.78, 5) is 0. The Balaban J connectivity index is 1.97. The molecule has 0 saturated carbocycles. The Morgan fingerprint density at radius 1 is 0.957 bits per heavy atom. The Morgan fingerprint density at radius 3 is 2.52 bits per heavy atom. The lowest BCUT2D eigenvalue weighted by molar-refractivity contribution is 0.962. The number of hydrogen-bond donors (Lipinski definition) is 0. The topological polar surface area (TPSA) is 0 Å². The predicted molar refractivity (Wildman–Crippen MR) is 106 cm³/mol. The van der Waals surface area contributed by atoms with E-state index in [2.05, 4.69) is 74.5 Å². The second-order valence-corrected chi connectivity index (χ2v) is 7.20. The van der Waals surface area contributed by atoms with Crippen LogP contribution in [0.5, 0.6) is 0 Å². The van der Waals surface area contributed by atoms with Gasteiger partial charge in [-0.2, -0.15) is 0 Å².